The largest absolute Gasteiger partial charge is 0.394 e. The second-order valence-corrected chi connectivity index (χ2v) is 6.85. The Bertz CT molecular complexity index is 403. The zero-order valence-electron chi connectivity index (χ0n) is 14.4. The lowest BCUT2D eigenvalue weighted by Crippen LogP contribution is -2.59. The maximum absolute atomic E-state index is 10.0. The van der Waals surface area contributed by atoms with Crippen LogP contribution in [-0.2, 0) is 9.47 Å². The normalized spacial score (nSPS) is 33.5. The van der Waals surface area contributed by atoms with E-state index in [9.17, 15) is 25.5 Å². The number of hydrogen-bond acceptors (Lipinski definition) is 8. The Labute approximate surface area is 142 Å². The van der Waals surface area contributed by atoms with Crippen LogP contribution in [0.5, 0.6) is 0 Å². The van der Waals surface area contributed by atoms with Crippen molar-refractivity contribution in [3.05, 3.63) is 11.6 Å². The first-order chi connectivity index (χ1) is 11.1. The van der Waals surface area contributed by atoms with E-state index in [1.54, 1.807) is 26.8 Å². The van der Waals surface area contributed by atoms with E-state index >= 15 is 0 Å². The number of aliphatic hydroxyl groups is 6. The van der Waals surface area contributed by atoms with Gasteiger partial charge in [0.2, 0.25) is 0 Å². The number of ether oxygens (including phenoxy) is 2. The lowest BCUT2D eigenvalue weighted by atomic mass is 9.97. The van der Waals surface area contributed by atoms with Gasteiger partial charge in [0.25, 0.3) is 0 Å². The van der Waals surface area contributed by atoms with Crippen molar-refractivity contribution in [1.29, 1.82) is 0 Å². The summed E-state index contributed by atoms with van der Waals surface area (Å²) in [5, 5.41) is 57.9. The van der Waals surface area contributed by atoms with E-state index in [1.165, 1.54) is 0 Å². The van der Waals surface area contributed by atoms with Crippen molar-refractivity contribution in [2.45, 2.75) is 76.0 Å². The molecule has 6 atom stereocenters. The van der Waals surface area contributed by atoms with Gasteiger partial charge in [-0.2, -0.15) is 0 Å². The Morgan fingerprint density at radius 2 is 1.83 bits per heavy atom. The van der Waals surface area contributed by atoms with Crippen molar-refractivity contribution >= 4 is 0 Å². The van der Waals surface area contributed by atoms with Crippen molar-refractivity contribution in [3.8, 4) is 0 Å². The molecule has 1 saturated heterocycles. The molecule has 1 heterocycles. The first-order valence-electron chi connectivity index (χ1n) is 8.06. The second-order valence-electron chi connectivity index (χ2n) is 6.85. The van der Waals surface area contributed by atoms with Gasteiger partial charge in [-0.1, -0.05) is 6.08 Å². The maximum Gasteiger partial charge on any atom is 0.187 e. The SMILES string of the molecule is CC(=CCOC1OC(CO)C(O)C(O)C1O)C(O)CCC(C)(C)O. The van der Waals surface area contributed by atoms with Crippen molar-refractivity contribution in [1.82, 2.24) is 0 Å². The molecule has 8 nitrogen and oxygen atoms in total. The topological polar surface area (TPSA) is 140 Å². The van der Waals surface area contributed by atoms with E-state index in [0.717, 1.165) is 0 Å². The van der Waals surface area contributed by atoms with Crippen molar-refractivity contribution in [3.63, 3.8) is 0 Å². The number of rotatable bonds is 8. The summed E-state index contributed by atoms with van der Waals surface area (Å²) in [6.45, 7) is 4.54. The monoisotopic (exact) mass is 350 g/mol. The van der Waals surface area contributed by atoms with Gasteiger partial charge in [0.1, 0.15) is 24.4 Å². The Kier molecular flexibility index (Phi) is 8.24. The zero-order chi connectivity index (χ0) is 18.5. The molecule has 0 radical (unpaired) electrons. The third-order valence-electron chi connectivity index (χ3n) is 4.07. The van der Waals surface area contributed by atoms with Gasteiger partial charge in [-0.05, 0) is 39.2 Å². The van der Waals surface area contributed by atoms with Crippen LogP contribution in [0.4, 0.5) is 0 Å². The van der Waals surface area contributed by atoms with Gasteiger partial charge in [0.05, 0.1) is 24.9 Å². The summed E-state index contributed by atoms with van der Waals surface area (Å²) in [6.07, 6.45) is -4.86. The highest BCUT2D eigenvalue weighted by Gasteiger charge is 2.43. The average molecular weight is 350 g/mol. The second kappa shape index (κ2) is 9.21. The number of hydrogen-bond donors (Lipinski definition) is 6. The molecule has 6 unspecified atom stereocenters. The van der Waals surface area contributed by atoms with Crippen LogP contribution in [0.2, 0.25) is 0 Å². The highest BCUT2D eigenvalue weighted by Crippen LogP contribution is 2.22. The summed E-state index contributed by atoms with van der Waals surface area (Å²) >= 11 is 0. The van der Waals surface area contributed by atoms with E-state index in [2.05, 4.69) is 0 Å². The van der Waals surface area contributed by atoms with Crippen LogP contribution in [0.25, 0.3) is 0 Å². The third-order valence-corrected chi connectivity index (χ3v) is 4.07. The Balaban J connectivity index is 2.49. The zero-order valence-corrected chi connectivity index (χ0v) is 14.4. The Morgan fingerprint density at radius 3 is 2.38 bits per heavy atom. The first-order valence-corrected chi connectivity index (χ1v) is 8.06. The lowest BCUT2D eigenvalue weighted by molar-refractivity contribution is -0.298. The predicted octanol–water partition coefficient (Wildman–Crippen LogP) is -1.34. The third kappa shape index (κ3) is 6.38. The molecule has 1 fully saturated rings. The molecular formula is C16H30O8. The minimum Gasteiger partial charge on any atom is -0.394 e. The van der Waals surface area contributed by atoms with Crippen LogP contribution in [0.1, 0.15) is 33.6 Å². The smallest absolute Gasteiger partial charge is 0.187 e. The molecule has 0 spiro atoms. The fraction of sp³-hybridized carbons (Fsp3) is 0.875. The van der Waals surface area contributed by atoms with Gasteiger partial charge >= 0.3 is 0 Å². The predicted molar refractivity (Wildman–Crippen MR) is 85.0 cm³/mol. The van der Waals surface area contributed by atoms with Gasteiger partial charge in [0, 0.05) is 0 Å². The van der Waals surface area contributed by atoms with E-state index in [4.69, 9.17) is 14.6 Å². The fourth-order valence-corrected chi connectivity index (χ4v) is 2.33. The minimum absolute atomic E-state index is 0.00804. The van der Waals surface area contributed by atoms with E-state index in [-0.39, 0.29) is 6.61 Å². The fourth-order valence-electron chi connectivity index (χ4n) is 2.33. The molecule has 1 aliphatic heterocycles. The van der Waals surface area contributed by atoms with Crippen LogP contribution in [0.3, 0.4) is 0 Å². The molecule has 0 amide bonds. The summed E-state index contributed by atoms with van der Waals surface area (Å²) in [5.74, 6) is 0. The standard InChI is InChI=1S/C16H30O8/c1-9(10(18)4-6-16(2,3)22)5-7-23-15-14(21)13(20)12(19)11(8-17)24-15/h5,10-15,17-22H,4,6-8H2,1-3H3. The molecule has 0 saturated carbocycles. The van der Waals surface area contributed by atoms with Crippen LogP contribution < -0.4 is 0 Å². The minimum atomic E-state index is -1.48. The Morgan fingerprint density at radius 1 is 1.21 bits per heavy atom. The first kappa shape index (κ1) is 21.5. The molecule has 1 rings (SSSR count). The summed E-state index contributed by atoms with van der Waals surface area (Å²) in [5.41, 5.74) is -0.211. The highest BCUT2D eigenvalue weighted by molar-refractivity contribution is 5.05. The molecule has 1 aliphatic rings. The lowest BCUT2D eigenvalue weighted by Gasteiger charge is -2.39. The highest BCUT2D eigenvalue weighted by atomic mass is 16.7. The molecule has 0 aromatic carbocycles. The molecule has 8 heteroatoms. The summed E-state index contributed by atoms with van der Waals surface area (Å²) < 4.78 is 10.5. The van der Waals surface area contributed by atoms with Gasteiger partial charge in [0.15, 0.2) is 6.29 Å². The average Bonchev–Trinajstić information content (AvgIpc) is 2.51. The molecular weight excluding hydrogens is 320 g/mol. The van der Waals surface area contributed by atoms with E-state index in [1.807, 2.05) is 0 Å². The van der Waals surface area contributed by atoms with Crippen LogP contribution in [0, 0.1) is 0 Å². The molecule has 0 aromatic heterocycles. The van der Waals surface area contributed by atoms with Gasteiger partial charge in [-0.15, -0.1) is 0 Å². The van der Waals surface area contributed by atoms with E-state index < -0.39 is 49.0 Å². The van der Waals surface area contributed by atoms with Crippen LogP contribution in [-0.4, -0.2) is 86.3 Å². The summed E-state index contributed by atoms with van der Waals surface area (Å²) in [6, 6.07) is 0. The summed E-state index contributed by atoms with van der Waals surface area (Å²) in [7, 11) is 0. The Hall–Kier alpha value is -0.580. The maximum atomic E-state index is 10.0. The van der Waals surface area contributed by atoms with Crippen LogP contribution in [0.15, 0.2) is 11.6 Å². The molecule has 6 N–H and O–H groups in total. The van der Waals surface area contributed by atoms with Crippen molar-refractivity contribution < 1.29 is 40.1 Å². The van der Waals surface area contributed by atoms with Gasteiger partial charge in [-0.25, -0.2) is 0 Å². The van der Waals surface area contributed by atoms with E-state index in [0.29, 0.717) is 18.4 Å². The molecule has 24 heavy (non-hydrogen) atoms. The molecule has 0 bridgehead atoms. The summed E-state index contributed by atoms with van der Waals surface area (Å²) in [4.78, 5) is 0. The van der Waals surface area contributed by atoms with Crippen molar-refractivity contribution in [2.75, 3.05) is 13.2 Å². The quantitative estimate of drug-likeness (QED) is 0.296. The van der Waals surface area contributed by atoms with Crippen LogP contribution >= 0.6 is 0 Å². The number of aliphatic hydroxyl groups excluding tert-OH is 5. The van der Waals surface area contributed by atoms with Gasteiger partial charge in [-0.3, -0.25) is 0 Å². The van der Waals surface area contributed by atoms with Gasteiger partial charge < -0.3 is 40.1 Å². The van der Waals surface area contributed by atoms with Crippen molar-refractivity contribution in [2.24, 2.45) is 0 Å². The molecule has 0 aromatic rings. The molecule has 0 aliphatic carbocycles. The molecule has 142 valence electrons.